The third-order valence-corrected chi connectivity index (χ3v) is 3.03. The molecule has 4 heteroatoms. The van der Waals surface area contributed by atoms with Gasteiger partial charge in [0.1, 0.15) is 5.82 Å². The summed E-state index contributed by atoms with van der Waals surface area (Å²) in [5, 5.41) is 10.3. The second-order valence-corrected chi connectivity index (χ2v) is 4.49. The summed E-state index contributed by atoms with van der Waals surface area (Å²) in [7, 11) is 0. The Morgan fingerprint density at radius 1 is 1.17 bits per heavy atom. The highest BCUT2D eigenvalue weighted by molar-refractivity contribution is 6.31. The minimum atomic E-state index is -0.700. The minimum absolute atomic E-state index is 0.183. The second-order valence-electron chi connectivity index (χ2n) is 4.08. The standard InChI is InChI=1S/C14H13ClFNO/c15-13-5-3-6-14(16)12(13)9-11(18)8-10-4-1-2-7-17-10/h1-7,11,18H,8-9H2. The molecule has 94 valence electrons. The number of benzene rings is 1. The fourth-order valence-corrected chi connectivity index (χ4v) is 2.04. The number of hydrogen-bond donors (Lipinski definition) is 1. The fraction of sp³-hybridized carbons (Fsp3) is 0.214. The van der Waals surface area contributed by atoms with Crippen molar-refractivity contribution in [2.45, 2.75) is 18.9 Å². The van der Waals surface area contributed by atoms with Crippen LogP contribution in [-0.2, 0) is 12.8 Å². The molecule has 0 bridgehead atoms. The van der Waals surface area contributed by atoms with Crippen molar-refractivity contribution >= 4 is 11.6 Å². The van der Waals surface area contributed by atoms with Crippen molar-refractivity contribution in [2.24, 2.45) is 0 Å². The first kappa shape index (κ1) is 13.0. The van der Waals surface area contributed by atoms with E-state index < -0.39 is 6.10 Å². The molecular formula is C14H13ClFNO. The molecule has 0 saturated carbocycles. The van der Waals surface area contributed by atoms with Crippen molar-refractivity contribution in [3.63, 3.8) is 0 Å². The van der Waals surface area contributed by atoms with Gasteiger partial charge in [-0.05, 0) is 24.3 Å². The van der Waals surface area contributed by atoms with E-state index in [0.717, 1.165) is 5.69 Å². The van der Waals surface area contributed by atoms with Crippen LogP contribution in [-0.4, -0.2) is 16.2 Å². The van der Waals surface area contributed by atoms with Crippen molar-refractivity contribution in [3.05, 3.63) is 64.7 Å². The lowest BCUT2D eigenvalue weighted by molar-refractivity contribution is 0.173. The summed E-state index contributed by atoms with van der Waals surface area (Å²) in [6.45, 7) is 0. The molecule has 0 saturated heterocycles. The van der Waals surface area contributed by atoms with Crippen LogP contribution >= 0.6 is 11.6 Å². The Hall–Kier alpha value is -1.45. The van der Waals surface area contributed by atoms with E-state index in [0.29, 0.717) is 17.0 Å². The monoisotopic (exact) mass is 265 g/mol. The van der Waals surface area contributed by atoms with E-state index in [4.69, 9.17) is 11.6 Å². The van der Waals surface area contributed by atoms with Gasteiger partial charge in [-0.15, -0.1) is 0 Å². The van der Waals surface area contributed by atoms with E-state index in [1.165, 1.54) is 6.07 Å². The first-order valence-corrected chi connectivity index (χ1v) is 6.05. The van der Waals surface area contributed by atoms with Gasteiger partial charge in [0.2, 0.25) is 0 Å². The molecule has 1 unspecified atom stereocenters. The average Bonchev–Trinajstić information content (AvgIpc) is 2.35. The average molecular weight is 266 g/mol. The van der Waals surface area contributed by atoms with Crippen molar-refractivity contribution in [1.29, 1.82) is 0 Å². The minimum Gasteiger partial charge on any atom is -0.392 e. The fourth-order valence-electron chi connectivity index (χ4n) is 1.80. The van der Waals surface area contributed by atoms with E-state index >= 15 is 0 Å². The normalized spacial score (nSPS) is 12.4. The molecule has 1 aromatic carbocycles. The van der Waals surface area contributed by atoms with Gasteiger partial charge in [-0.25, -0.2) is 4.39 Å². The zero-order valence-corrected chi connectivity index (χ0v) is 10.4. The Balaban J connectivity index is 2.06. The van der Waals surface area contributed by atoms with Crippen LogP contribution in [0, 0.1) is 5.82 Å². The predicted molar refractivity (Wildman–Crippen MR) is 69.1 cm³/mol. The molecule has 0 aliphatic heterocycles. The smallest absolute Gasteiger partial charge is 0.127 e. The highest BCUT2D eigenvalue weighted by Gasteiger charge is 2.13. The van der Waals surface area contributed by atoms with Crippen LogP contribution in [0.1, 0.15) is 11.3 Å². The molecule has 1 aromatic heterocycles. The van der Waals surface area contributed by atoms with Crippen LogP contribution in [0.4, 0.5) is 4.39 Å². The summed E-state index contributed by atoms with van der Waals surface area (Å²) in [6.07, 6.45) is 1.53. The highest BCUT2D eigenvalue weighted by atomic mass is 35.5. The van der Waals surface area contributed by atoms with E-state index in [-0.39, 0.29) is 12.2 Å². The van der Waals surface area contributed by atoms with Gasteiger partial charge < -0.3 is 5.11 Å². The van der Waals surface area contributed by atoms with E-state index in [9.17, 15) is 9.50 Å². The van der Waals surface area contributed by atoms with Gasteiger partial charge in [-0.1, -0.05) is 23.7 Å². The molecule has 2 rings (SSSR count). The molecule has 0 radical (unpaired) electrons. The van der Waals surface area contributed by atoms with E-state index in [1.807, 2.05) is 18.2 Å². The molecule has 1 N–H and O–H groups in total. The first-order chi connectivity index (χ1) is 8.66. The van der Waals surface area contributed by atoms with Gasteiger partial charge in [-0.2, -0.15) is 0 Å². The molecule has 0 amide bonds. The summed E-state index contributed by atoms with van der Waals surface area (Å²) >= 11 is 5.91. The lowest BCUT2D eigenvalue weighted by Crippen LogP contribution is -2.15. The number of hydrogen-bond acceptors (Lipinski definition) is 2. The van der Waals surface area contributed by atoms with E-state index in [2.05, 4.69) is 4.98 Å². The highest BCUT2D eigenvalue weighted by Crippen LogP contribution is 2.21. The maximum absolute atomic E-state index is 13.5. The van der Waals surface area contributed by atoms with Gasteiger partial charge in [0.25, 0.3) is 0 Å². The van der Waals surface area contributed by atoms with Crippen LogP contribution < -0.4 is 0 Å². The Morgan fingerprint density at radius 2 is 2.00 bits per heavy atom. The number of rotatable bonds is 4. The van der Waals surface area contributed by atoms with Gasteiger partial charge in [0.05, 0.1) is 6.10 Å². The second kappa shape index (κ2) is 5.94. The maximum Gasteiger partial charge on any atom is 0.127 e. The summed E-state index contributed by atoms with van der Waals surface area (Å²) in [5.74, 6) is -0.387. The topological polar surface area (TPSA) is 33.1 Å². The van der Waals surface area contributed by atoms with Crippen molar-refractivity contribution in [2.75, 3.05) is 0 Å². The molecule has 0 spiro atoms. The molecular weight excluding hydrogens is 253 g/mol. The SMILES string of the molecule is OC(Cc1ccccn1)Cc1c(F)cccc1Cl. The molecule has 1 heterocycles. The number of nitrogens with zero attached hydrogens (tertiary/aromatic N) is 1. The molecule has 18 heavy (non-hydrogen) atoms. The van der Waals surface area contributed by atoms with Crippen molar-refractivity contribution in [3.8, 4) is 0 Å². The number of aliphatic hydroxyl groups is 1. The van der Waals surface area contributed by atoms with E-state index in [1.54, 1.807) is 18.3 Å². The van der Waals surface area contributed by atoms with Crippen LogP contribution in [0.3, 0.4) is 0 Å². The molecule has 2 nitrogen and oxygen atoms in total. The van der Waals surface area contributed by atoms with Crippen LogP contribution in [0.15, 0.2) is 42.6 Å². The zero-order chi connectivity index (χ0) is 13.0. The number of aliphatic hydroxyl groups excluding tert-OH is 1. The number of halogens is 2. The Morgan fingerprint density at radius 3 is 2.67 bits per heavy atom. The van der Waals surface area contributed by atoms with Crippen LogP contribution in [0.2, 0.25) is 5.02 Å². The van der Waals surface area contributed by atoms with Crippen LogP contribution in [0.25, 0.3) is 0 Å². The largest absolute Gasteiger partial charge is 0.392 e. The quantitative estimate of drug-likeness (QED) is 0.922. The summed E-state index contributed by atoms with van der Waals surface area (Å²) < 4.78 is 13.5. The third kappa shape index (κ3) is 3.28. The third-order valence-electron chi connectivity index (χ3n) is 2.67. The van der Waals surface area contributed by atoms with Gasteiger partial charge in [0, 0.05) is 35.3 Å². The first-order valence-electron chi connectivity index (χ1n) is 5.67. The molecule has 0 aliphatic carbocycles. The predicted octanol–water partition coefficient (Wildman–Crippen LogP) is 3.02. The molecule has 0 fully saturated rings. The molecule has 0 aliphatic rings. The van der Waals surface area contributed by atoms with Crippen molar-refractivity contribution in [1.82, 2.24) is 4.98 Å². The maximum atomic E-state index is 13.5. The molecule has 2 aromatic rings. The number of aromatic nitrogens is 1. The zero-order valence-electron chi connectivity index (χ0n) is 9.68. The van der Waals surface area contributed by atoms with Gasteiger partial charge >= 0.3 is 0 Å². The number of pyridine rings is 1. The van der Waals surface area contributed by atoms with Gasteiger partial charge in [-0.3, -0.25) is 4.98 Å². The summed E-state index contributed by atoms with van der Waals surface area (Å²) in [6, 6.07) is 10.00. The van der Waals surface area contributed by atoms with Gasteiger partial charge in [0.15, 0.2) is 0 Å². The van der Waals surface area contributed by atoms with Crippen molar-refractivity contribution < 1.29 is 9.50 Å². The molecule has 1 atom stereocenters. The van der Waals surface area contributed by atoms with Crippen LogP contribution in [0.5, 0.6) is 0 Å². The summed E-state index contributed by atoms with van der Waals surface area (Å²) in [4.78, 5) is 4.12. The Bertz CT molecular complexity index is 498. The lowest BCUT2D eigenvalue weighted by atomic mass is 10.0. The lowest BCUT2D eigenvalue weighted by Gasteiger charge is -2.12. The summed E-state index contributed by atoms with van der Waals surface area (Å²) in [5.41, 5.74) is 1.13. The Labute approximate surface area is 110 Å². The Kier molecular flexibility index (Phi) is 4.28.